The molecule has 0 saturated carbocycles. The second-order valence-corrected chi connectivity index (χ2v) is 21.4. The number of hydrogen-bond donors (Lipinski definition) is 3. The van der Waals surface area contributed by atoms with Gasteiger partial charge in [-0.2, -0.15) is 0 Å². The van der Waals surface area contributed by atoms with Crippen molar-refractivity contribution in [1.82, 2.24) is 5.32 Å². The summed E-state index contributed by atoms with van der Waals surface area (Å²) in [7, 11) is 0. The topological polar surface area (TPSA) is 95.9 Å². The molecule has 2 atom stereocenters. The van der Waals surface area contributed by atoms with Crippen LogP contribution in [-0.2, 0) is 14.3 Å². The molecule has 6 nitrogen and oxygen atoms in total. The molecule has 0 spiro atoms. The number of aliphatic hydroxyl groups excluding tert-OH is 2. The van der Waals surface area contributed by atoms with E-state index in [4.69, 9.17) is 4.74 Å². The van der Waals surface area contributed by atoms with E-state index in [9.17, 15) is 19.8 Å². The molecule has 1 amide bonds. The van der Waals surface area contributed by atoms with E-state index in [0.29, 0.717) is 25.9 Å². The summed E-state index contributed by atoms with van der Waals surface area (Å²) >= 11 is 0. The van der Waals surface area contributed by atoms with Crippen LogP contribution in [0.3, 0.4) is 0 Å². The van der Waals surface area contributed by atoms with E-state index in [-0.39, 0.29) is 18.5 Å². The van der Waals surface area contributed by atoms with Gasteiger partial charge in [0.05, 0.1) is 25.4 Å². The Hall–Kier alpha value is -1.66. The van der Waals surface area contributed by atoms with Crippen LogP contribution in [0.2, 0.25) is 0 Å². The zero-order chi connectivity index (χ0) is 50.0. The molecule has 3 N–H and O–H groups in total. The number of rotatable bonds is 58. The van der Waals surface area contributed by atoms with Gasteiger partial charge in [-0.05, 0) is 77.0 Å². The van der Waals surface area contributed by atoms with Gasteiger partial charge in [-0.3, -0.25) is 9.59 Å². The maximum atomic E-state index is 12.4. The molecule has 0 aromatic heterocycles. The SMILES string of the molecule is CCCCCCCCC/C=C\CCCCCCCC(=O)OCCCCCCCCCCCCCC/C=C\CCCCCCCCCCCCC(=O)NC(CO)C(O)CCCCCCCCCCCC. The largest absolute Gasteiger partial charge is 0.466 e. The van der Waals surface area contributed by atoms with Crippen molar-refractivity contribution in [2.45, 2.75) is 353 Å². The highest BCUT2D eigenvalue weighted by atomic mass is 16.5. The molecule has 0 aliphatic carbocycles. The fourth-order valence-corrected chi connectivity index (χ4v) is 9.69. The fraction of sp³-hybridized carbons (Fsp3) is 0.905. The van der Waals surface area contributed by atoms with Crippen LogP contribution in [0, 0.1) is 0 Å². The average molecular weight is 973 g/mol. The zero-order valence-electron chi connectivity index (χ0n) is 46.6. The van der Waals surface area contributed by atoms with E-state index < -0.39 is 12.1 Å². The van der Waals surface area contributed by atoms with Crippen LogP contribution in [0.5, 0.6) is 0 Å². The predicted molar refractivity (Wildman–Crippen MR) is 301 cm³/mol. The summed E-state index contributed by atoms with van der Waals surface area (Å²) in [6.07, 6.45) is 72.0. The first-order valence-corrected chi connectivity index (χ1v) is 31.1. The Bertz CT molecular complexity index is 1080. The van der Waals surface area contributed by atoms with Crippen molar-refractivity contribution in [3.05, 3.63) is 24.3 Å². The second-order valence-electron chi connectivity index (χ2n) is 21.4. The van der Waals surface area contributed by atoms with Crippen LogP contribution in [0.1, 0.15) is 341 Å². The number of aliphatic hydroxyl groups is 2. The lowest BCUT2D eigenvalue weighted by Gasteiger charge is -2.22. The molecule has 0 radical (unpaired) electrons. The smallest absolute Gasteiger partial charge is 0.305 e. The molecule has 0 aliphatic heterocycles. The number of unbranched alkanes of at least 4 members (excludes halogenated alkanes) is 43. The van der Waals surface area contributed by atoms with E-state index in [1.165, 1.54) is 263 Å². The first-order valence-electron chi connectivity index (χ1n) is 31.1. The number of esters is 1. The molecule has 0 aromatic rings. The Morgan fingerprint density at radius 2 is 0.681 bits per heavy atom. The van der Waals surface area contributed by atoms with Crippen molar-refractivity contribution in [2.75, 3.05) is 13.2 Å². The predicted octanol–water partition coefficient (Wildman–Crippen LogP) is 19.4. The third kappa shape index (κ3) is 55.5. The van der Waals surface area contributed by atoms with E-state index in [2.05, 4.69) is 43.5 Å². The minimum Gasteiger partial charge on any atom is -0.466 e. The van der Waals surface area contributed by atoms with Crippen molar-refractivity contribution >= 4 is 11.9 Å². The summed E-state index contributed by atoms with van der Waals surface area (Å²) in [6, 6.07) is -0.541. The molecule has 69 heavy (non-hydrogen) atoms. The third-order valence-corrected chi connectivity index (χ3v) is 14.5. The number of ether oxygens (including phenoxy) is 1. The van der Waals surface area contributed by atoms with Crippen molar-refractivity contribution in [2.24, 2.45) is 0 Å². The molecule has 0 aromatic carbocycles. The fourth-order valence-electron chi connectivity index (χ4n) is 9.69. The summed E-state index contributed by atoms with van der Waals surface area (Å²) < 4.78 is 5.49. The lowest BCUT2D eigenvalue weighted by molar-refractivity contribution is -0.143. The minimum absolute atomic E-state index is 0.00712. The van der Waals surface area contributed by atoms with Crippen LogP contribution in [-0.4, -0.2) is 47.4 Å². The maximum absolute atomic E-state index is 12.4. The lowest BCUT2D eigenvalue weighted by Crippen LogP contribution is -2.45. The molecule has 2 unspecified atom stereocenters. The molecular weight excluding hydrogens is 851 g/mol. The molecule has 0 heterocycles. The first-order chi connectivity index (χ1) is 34.0. The molecule has 6 heteroatoms. The third-order valence-electron chi connectivity index (χ3n) is 14.5. The van der Waals surface area contributed by atoms with Crippen LogP contribution in [0.25, 0.3) is 0 Å². The first kappa shape index (κ1) is 67.3. The Kier molecular flexibility index (Phi) is 57.5. The number of hydrogen-bond acceptors (Lipinski definition) is 5. The Morgan fingerprint density at radius 1 is 0.391 bits per heavy atom. The maximum Gasteiger partial charge on any atom is 0.305 e. The van der Waals surface area contributed by atoms with Crippen LogP contribution >= 0.6 is 0 Å². The van der Waals surface area contributed by atoms with Crippen molar-refractivity contribution in [3.8, 4) is 0 Å². The lowest BCUT2D eigenvalue weighted by atomic mass is 10.0. The minimum atomic E-state index is -0.663. The van der Waals surface area contributed by atoms with Gasteiger partial charge in [0.15, 0.2) is 0 Å². The normalized spacial score (nSPS) is 12.7. The number of nitrogens with one attached hydrogen (secondary N) is 1. The summed E-state index contributed by atoms with van der Waals surface area (Å²) in [5, 5.41) is 23.2. The van der Waals surface area contributed by atoms with E-state index in [1.807, 2.05) is 0 Å². The van der Waals surface area contributed by atoms with Crippen LogP contribution < -0.4 is 5.32 Å². The zero-order valence-corrected chi connectivity index (χ0v) is 46.6. The van der Waals surface area contributed by atoms with Crippen molar-refractivity contribution in [1.29, 1.82) is 0 Å². The quantitative estimate of drug-likeness (QED) is 0.0321. The number of carbonyl (C=O) groups excluding carboxylic acids is 2. The monoisotopic (exact) mass is 972 g/mol. The van der Waals surface area contributed by atoms with E-state index in [1.54, 1.807) is 0 Å². The molecule has 0 fully saturated rings. The van der Waals surface area contributed by atoms with Gasteiger partial charge in [0, 0.05) is 12.8 Å². The standard InChI is InChI=1S/C63H121NO5/c1-3-5-7-9-11-13-15-16-17-31-34-37-41-45-49-53-57-63(68)69-58-54-50-46-42-38-35-32-29-27-25-23-21-19-18-20-22-24-26-28-30-33-36-40-44-48-52-56-62(67)64-60(59-65)61(66)55-51-47-43-39-14-12-10-8-6-4-2/h17-18,20,31,60-61,65-66H,3-16,19,21-30,32-59H2,1-2H3,(H,64,67)/b20-18-,31-17-. The molecule has 0 rings (SSSR count). The summed E-state index contributed by atoms with van der Waals surface area (Å²) in [4.78, 5) is 24.5. The van der Waals surface area contributed by atoms with Gasteiger partial charge in [-0.25, -0.2) is 0 Å². The molecule has 408 valence electrons. The highest BCUT2D eigenvalue weighted by molar-refractivity contribution is 5.76. The Labute approximate surface area is 431 Å². The number of carbonyl (C=O) groups is 2. The Balaban J connectivity index is 3.36. The number of allylic oxidation sites excluding steroid dienone is 4. The van der Waals surface area contributed by atoms with Crippen molar-refractivity contribution < 1.29 is 24.5 Å². The van der Waals surface area contributed by atoms with Gasteiger partial charge in [0.2, 0.25) is 5.91 Å². The van der Waals surface area contributed by atoms with Gasteiger partial charge in [0.25, 0.3) is 0 Å². The molecule has 0 aliphatic rings. The molecule has 0 bridgehead atoms. The van der Waals surface area contributed by atoms with Gasteiger partial charge in [-0.1, -0.05) is 276 Å². The molecular formula is C63H121NO5. The van der Waals surface area contributed by atoms with Crippen LogP contribution in [0.15, 0.2) is 24.3 Å². The van der Waals surface area contributed by atoms with Gasteiger partial charge in [0.1, 0.15) is 0 Å². The summed E-state index contributed by atoms with van der Waals surface area (Å²) in [5.74, 6) is -0.0305. The van der Waals surface area contributed by atoms with Crippen LogP contribution in [0.4, 0.5) is 0 Å². The highest BCUT2D eigenvalue weighted by Gasteiger charge is 2.20. The Morgan fingerprint density at radius 3 is 1.03 bits per heavy atom. The highest BCUT2D eigenvalue weighted by Crippen LogP contribution is 2.17. The van der Waals surface area contributed by atoms with E-state index in [0.717, 1.165) is 44.9 Å². The van der Waals surface area contributed by atoms with Gasteiger partial charge in [-0.15, -0.1) is 0 Å². The second kappa shape index (κ2) is 58.9. The summed E-state index contributed by atoms with van der Waals surface area (Å²) in [6.45, 7) is 4.95. The van der Waals surface area contributed by atoms with Crippen molar-refractivity contribution in [3.63, 3.8) is 0 Å². The number of amides is 1. The van der Waals surface area contributed by atoms with Gasteiger partial charge < -0.3 is 20.3 Å². The van der Waals surface area contributed by atoms with E-state index >= 15 is 0 Å². The average Bonchev–Trinajstić information content (AvgIpc) is 3.35. The van der Waals surface area contributed by atoms with Gasteiger partial charge >= 0.3 is 5.97 Å². The summed E-state index contributed by atoms with van der Waals surface area (Å²) in [5.41, 5.74) is 0. The molecule has 0 saturated heterocycles.